The molecule has 0 aliphatic carbocycles. The fraction of sp³-hybridized carbons (Fsp3) is 0.273. The fourth-order valence-electron chi connectivity index (χ4n) is 3.05. The lowest BCUT2D eigenvalue weighted by Crippen LogP contribution is -2.25. The maximum atomic E-state index is 12.4. The fourth-order valence-corrected chi connectivity index (χ4v) is 3.21. The molecule has 1 heterocycles. The molecule has 2 aromatic carbocycles. The van der Waals surface area contributed by atoms with Gasteiger partial charge in [-0.15, -0.1) is 0 Å². The van der Waals surface area contributed by atoms with E-state index in [1.807, 2.05) is 30.3 Å². The van der Waals surface area contributed by atoms with Gasteiger partial charge in [0.15, 0.2) is 0 Å². The third-order valence-electron chi connectivity index (χ3n) is 4.66. The van der Waals surface area contributed by atoms with E-state index in [1.54, 1.807) is 26.2 Å². The summed E-state index contributed by atoms with van der Waals surface area (Å²) in [5.74, 6) is -0.761. The second-order valence-corrected chi connectivity index (χ2v) is 7.53. The van der Waals surface area contributed by atoms with E-state index in [1.165, 1.54) is 16.0 Å². The number of carbonyl (C=O) groups excluding carboxylic acids is 3. The molecule has 156 valence electrons. The summed E-state index contributed by atoms with van der Waals surface area (Å²) in [6.07, 6.45) is 0.712. The molecule has 30 heavy (non-hydrogen) atoms. The van der Waals surface area contributed by atoms with Crippen molar-refractivity contribution in [2.75, 3.05) is 26.0 Å². The van der Waals surface area contributed by atoms with Gasteiger partial charge in [-0.25, -0.2) is 5.01 Å². The molecule has 0 aromatic heterocycles. The molecular weight excluding hydrogens is 404 g/mol. The highest BCUT2D eigenvalue weighted by Gasteiger charge is 2.22. The molecule has 0 bridgehead atoms. The topological polar surface area (TPSA) is 82.1 Å². The Morgan fingerprint density at radius 3 is 2.53 bits per heavy atom. The average Bonchev–Trinajstić information content (AvgIpc) is 3.24. The van der Waals surface area contributed by atoms with E-state index in [-0.39, 0.29) is 30.6 Å². The first-order valence-corrected chi connectivity index (χ1v) is 9.97. The van der Waals surface area contributed by atoms with Crippen molar-refractivity contribution in [2.45, 2.75) is 19.3 Å². The van der Waals surface area contributed by atoms with E-state index in [0.29, 0.717) is 29.2 Å². The van der Waals surface area contributed by atoms with Crippen LogP contribution in [0.1, 0.15) is 35.2 Å². The Hall–Kier alpha value is -3.19. The molecule has 3 rings (SSSR count). The Bertz CT molecular complexity index is 989. The normalized spacial score (nSPS) is 13.0. The van der Waals surface area contributed by atoms with E-state index in [9.17, 15) is 14.4 Å². The zero-order chi connectivity index (χ0) is 21.7. The molecule has 0 fully saturated rings. The minimum absolute atomic E-state index is 0.00624. The molecule has 1 aliphatic heterocycles. The second kappa shape index (κ2) is 9.54. The van der Waals surface area contributed by atoms with Crippen molar-refractivity contribution in [1.29, 1.82) is 0 Å². The summed E-state index contributed by atoms with van der Waals surface area (Å²) in [7, 11) is 3.29. The minimum atomic E-state index is -0.355. The van der Waals surface area contributed by atoms with Crippen molar-refractivity contribution in [3.05, 3.63) is 64.7 Å². The summed E-state index contributed by atoms with van der Waals surface area (Å²) in [6.45, 7) is 0.505. The van der Waals surface area contributed by atoms with Crippen molar-refractivity contribution >= 4 is 40.7 Å². The quantitative estimate of drug-likeness (QED) is 0.768. The number of halogens is 1. The number of amides is 3. The molecular formula is C22H23ClN4O3. The third-order valence-corrected chi connectivity index (χ3v) is 4.99. The highest BCUT2D eigenvalue weighted by Crippen LogP contribution is 2.24. The van der Waals surface area contributed by atoms with Gasteiger partial charge in [0.05, 0.1) is 23.0 Å². The van der Waals surface area contributed by atoms with Gasteiger partial charge in [-0.2, -0.15) is 5.10 Å². The third kappa shape index (κ3) is 5.24. The van der Waals surface area contributed by atoms with Crippen LogP contribution in [0.2, 0.25) is 5.02 Å². The Balaban J connectivity index is 1.56. The zero-order valence-corrected chi connectivity index (χ0v) is 17.6. The molecule has 1 aliphatic rings. The van der Waals surface area contributed by atoms with Gasteiger partial charge in [0.2, 0.25) is 11.8 Å². The highest BCUT2D eigenvalue weighted by atomic mass is 35.5. The number of anilines is 1. The molecule has 7 nitrogen and oxygen atoms in total. The Kier molecular flexibility index (Phi) is 6.84. The molecule has 0 radical (unpaired) electrons. The number of nitrogens with zero attached hydrogens (tertiary/aromatic N) is 3. The number of hydrogen-bond donors (Lipinski definition) is 1. The number of benzene rings is 2. The van der Waals surface area contributed by atoms with Crippen LogP contribution < -0.4 is 5.32 Å². The predicted octanol–water partition coefficient (Wildman–Crippen LogP) is 3.40. The monoisotopic (exact) mass is 426 g/mol. The van der Waals surface area contributed by atoms with Crippen molar-refractivity contribution in [2.24, 2.45) is 5.10 Å². The maximum absolute atomic E-state index is 12.4. The van der Waals surface area contributed by atoms with Crippen molar-refractivity contribution < 1.29 is 14.4 Å². The lowest BCUT2D eigenvalue weighted by atomic mass is 10.1. The van der Waals surface area contributed by atoms with Crippen LogP contribution in [-0.4, -0.2) is 54.0 Å². The highest BCUT2D eigenvalue weighted by molar-refractivity contribution is 6.33. The summed E-state index contributed by atoms with van der Waals surface area (Å²) < 4.78 is 0. The molecule has 8 heteroatoms. The largest absolute Gasteiger partial charge is 0.345 e. The van der Waals surface area contributed by atoms with E-state index in [2.05, 4.69) is 10.4 Å². The van der Waals surface area contributed by atoms with Crippen LogP contribution in [0, 0.1) is 0 Å². The summed E-state index contributed by atoms with van der Waals surface area (Å²) in [5, 5.41) is 8.80. The first-order valence-electron chi connectivity index (χ1n) is 9.59. The van der Waals surface area contributed by atoms with E-state index >= 15 is 0 Å². The van der Waals surface area contributed by atoms with Crippen LogP contribution in [0.4, 0.5) is 5.69 Å². The van der Waals surface area contributed by atoms with E-state index in [0.717, 1.165) is 11.3 Å². The Morgan fingerprint density at radius 2 is 1.83 bits per heavy atom. The molecule has 3 amide bonds. The van der Waals surface area contributed by atoms with Gasteiger partial charge in [-0.05, 0) is 23.8 Å². The first kappa shape index (κ1) is 21.5. The Labute approximate surface area is 180 Å². The molecule has 0 saturated carbocycles. The van der Waals surface area contributed by atoms with Crippen molar-refractivity contribution in [3.63, 3.8) is 0 Å². The van der Waals surface area contributed by atoms with Crippen LogP contribution in [0.5, 0.6) is 0 Å². The second-order valence-electron chi connectivity index (χ2n) is 7.12. The van der Waals surface area contributed by atoms with Crippen LogP contribution in [-0.2, 0) is 9.59 Å². The predicted molar refractivity (Wildman–Crippen MR) is 117 cm³/mol. The van der Waals surface area contributed by atoms with Gasteiger partial charge in [-0.1, -0.05) is 41.9 Å². The summed E-state index contributed by atoms with van der Waals surface area (Å²) in [6, 6.07) is 14.4. The van der Waals surface area contributed by atoms with Crippen LogP contribution in [0.15, 0.2) is 53.6 Å². The van der Waals surface area contributed by atoms with Gasteiger partial charge in [0, 0.05) is 38.9 Å². The van der Waals surface area contributed by atoms with Crippen LogP contribution in [0.3, 0.4) is 0 Å². The Morgan fingerprint density at radius 1 is 1.10 bits per heavy atom. The van der Waals surface area contributed by atoms with E-state index in [4.69, 9.17) is 11.6 Å². The minimum Gasteiger partial charge on any atom is -0.345 e. The van der Waals surface area contributed by atoms with Crippen molar-refractivity contribution in [3.8, 4) is 0 Å². The molecule has 0 atom stereocenters. The van der Waals surface area contributed by atoms with Gasteiger partial charge in [-0.3, -0.25) is 14.4 Å². The SMILES string of the molecule is CN(C)C(=O)c1ccc(Cl)c(NC(=O)CCC(=O)N2CCC(c3ccccc3)=N2)c1. The van der Waals surface area contributed by atoms with Crippen LogP contribution >= 0.6 is 11.6 Å². The lowest BCUT2D eigenvalue weighted by molar-refractivity contribution is -0.132. The van der Waals surface area contributed by atoms with Gasteiger partial charge < -0.3 is 10.2 Å². The van der Waals surface area contributed by atoms with E-state index < -0.39 is 0 Å². The molecule has 0 unspecified atom stereocenters. The first-order chi connectivity index (χ1) is 14.3. The number of hydrogen-bond acceptors (Lipinski definition) is 4. The maximum Gasteiger partial charge on any atom is 0.253 e. The molecule has 1 N–H and O–H groups in total. The number of nitrogens with one attached hydrogen (secondary N) is 1. The number of hydrazone groups is 1. The summed E-state index contributed by atoms with van der Waals surface area (Å²) in [4.78, 5) is 38.3. The summed E-state index contributed by atoms with van der Waals surface area (Å²) >= 11 is 6.13. The molecule has 0 spiro atoms. The zero-order valence-electron chi connectivity index (χ0n) is 16.9. The number of carbonyl (C=O) groups is 3. The smallest absolute Gasteiger partial charge is 0.253 e. The van der Waals surface area contributed by atoms with Gasteiger partial charge in [0.1, 0.15) is 0 Å². The van der Waals surface area contributed by atoms with Crippen LogP contribution in [0.25, 0.3) is 0 Å². The average molecular weight is 427 g/mol. The standard InChI is InChI=1S/C22H23ClN4O3/c1-26(2)22(30)16-8-9-17(23)19(14-16)24-20(28)10-11-21(29)27-13-12-18(25-27)15-6-4-3-5-7-15/h3-9,14H,10-13H2,1-2H3,(H,24,28). The molecule has 2 aromatic rings. The number of rotatable bonds is 6. The molecule has 0 saturated heterocycles. The van der Waals surface area contributed by atoms with Gasteiger partial charge >= 0.3 is 0 Å². The van der Waals surface area contributed by atoms with Crippen molar-refractivity contribution in [1.82, 2.24) is 9.91 Å². The summed E-state index contributed by atoms with van der Waals surface area (Å²) in [5.41, 5.74) is 2.61. The lowest BCUT2D eigenvalue weighted by Gasteiger charge is -2.13. The van der Waals surface area contributed by atoms with Gasteiger partial charge in [0.25, 0.3) is 5.91 Å².